The van der Waals surface area contributed by atoms with E-state index in [2.05, 4.69) is 9.97 Å². The molecule has 10 heteroatoms. The molecule has 0 spiro atoms. The molecule has 0 amide bonds. The maximum Gasteiger partial charge on any atom is 0.327 e. The maximum atomic E-state index is 12.5. The fraction of sp³-hybridized carbons (Fsp3) is 0.312. The van der Waals surface area contributed by atoms with Crippen LogP contribution in [0.5, 0.6) is 11.6 Å². The third-order valence-electron chi connectivity index (χ3n) is 6.58. The van der Waals surface area contributed by atoms with E-state index < -0.39 is 18.0 Å². The van der Waals surface area contributed by atoms with E-state index in [9.17, 15) is 9.59 Å². The highest BCUT2D eigenvalue weighted by Crippen LogP contribution is 2.28. The number of aryl methyl sites for hydroxylation is 2. The summed E-state index contributed by atoms with van der Waals surface area (Å²) in [4.78, 5) is 32.5. The zero-order valence-electron chi connectivity index (χ0n) is 24.1. The third-order valence-corrected chi connectivity index (χ3v) is 6.58. The molecule has 2 aromatic heterocycles. The van der Waals surface area contributed by atoms with Crippen LogP contribution in [0.25, 0.3) is 22.6 Å². The van der Waals surface area contributed by atoms with Gasteiger partial charge in [0.15, 0.2) is 0 Å². The van der Waals surface area contributed by atoms with Gasteiger partial charge < -0.3 is 29.5 Å². The van der Waals surface area contributed by atoms with Crippen LogP contribution in [0.3, 0.4) is 0 Å². The van der Waals surface area contributed by atoms with Gasteiger partial charge in [0.2, 0.25) is 11.8 Å². The highest BCUT2D eigenvalue weighted by atomic mass is 16.5. The number of carbonyl (C=O) groups excluding carboxylic acids is 1. The molecule has 0 aliphatic carbocycles. The molecule has 0 saturated carbocycles. The van der Waals surface area contributed by atoms with Crippen LogP contribution in [0.4, 0.5) is 0 Å². The molecule has 2 aromatic carbocycles. The van der Waals surface area contributed by atoms with Gasteiger partial charge in [-0.05, 0) is 74.2 Å². The maximum absolute atomic E-state index is 12.5. The van der Waals surface area contributed by atoms with Crippen molar-refractivity contribution >= 4 is 11.9 Å². The molecule has 0 bridgehead atoms. The van der Waals surface area contributed by atoms with Crippen LogP contribution in [0.15, 0.2) is 65.2 Å². The molecule has 220 valence electrons. The van der Waals surface area contributed by atoms with E-state index in [4.69, 9.17) is 29.5 Å². The van der Waals surface area contributed by atoms with Gasteiger partial charge in [-0.2, -0.15) is 0 Å². The van der Waals surface area contributed by atoms with Crippen LogP contribution >= 0.6 is 0 Å². The molecule has 42 heavy (non-hydrogen) atoms. The van der Waals surface area contributed by atoms with Crippen LogP contribution in [0, 0.1) is 6.92 Å². The Labute approximate surface area is 244 Å². The Balaban J connectivity index is 1.42. The number of nitrogens with two attached hydrogens (primary N) is 1. The first-order valence-electron chi connectivity index (χ1n) is 13.6. The van der Waals surface area contributed by atoms with Gasteiger partial charge in [-0.25, -0.2) is 14.8 Å². The largest absolute Gasteiger partial charge is 0.493 e. The Morgan fingerprint density at radius 1 is 1.00 bits per heavy atom. The highest BCUT2D eigenvalue weighted by Gasteiger charge is 2.23. The summed E-state index contributed by atoms with van der Waals surface area (Å²) in [6, 6.07) is 15.7. The molecule has 0 radical (unpaired) electrons. The van der Waals surface area contributed by atoms with Gasteiger partial charge in [-0.15, -0.1) is 0 Å². The molecule has 10 nitrogen and oxygen atoms in total. The van der Waals surface area contributed by atoms with Crippen molar-refractivity contribution in [2.24, 2.45) is 5.73 Å². The number of oxazole rings is 1. The van der Waals surface area contributed by atoms with Gasteiger partial charge >= 0.3 is 11.9 Å². The van der Waals surface area contributed by atoms with E-state index in [1.165, 1.54) is 0 Å². The Morgan fingerprint density at radius 2 is 1.71 bits per heavy atom. The number of aromatic nitrogens is 2. The number of hydrogen-bond donors (Lipinski definition) is 2. The highest BCUT2D eigenvalue weighted by molar-refractivity contribution is 5.78. The van der Waals surface area contributed by atoms with Gasteiger partial charge in [0, 0.05) is 36.2 Å². The van der Waals surface area contributed by atoms with Crippen LogP contribution in [-0.2, 0) is 27.2 Å². The molecule has 0 aliphatic heterocycles. The van der Waals surface area contributed by atoms with Gasteiger partial charge in [0.25, 0.3) is 0 Å². The fourth-order valence-corrected chi connectivity index (χ4v) is 4.38. The number of esters is 1. The molecule has 4 rings (SSSR count). The third kappa shape index (κ3) is 7.73. The van der Waals surface area contributed by atoms with Crippen molar-refractivity contribution < 1.29 is 33.3 Å². The molecular formula is C32H35N3O7. The van der Waals surface area contributed by atoms with Crippen molar-refractivity contribution in [1.29, 1.82) is 0 Å². The standard InChI is InChI=1S/C32H35N3O7/c1-19(2)41-32(38)30(33)26-17-25(12-9-22(26)11-14-29(36)37)40-16-15-27-20(3)42-31(35-27)23-7-5-21(6-8-23)24-10-13-28(39-4)34-18-24/h5-10,12-13,17-19,30H,11,14-16,33H2,1-4H3,(H,36,37). The predicted octanol–water partition coefficient (Wildman–Crippen LogP) is 5.31. The Kier molecular flexibility index (Phi) is 9.93. The molecule has 1 unspecified atom stereocenters. The average Bonchev–Trinajstić information content (AvgIpc) is 3.35. The van der Waals surface area contributed by atoms with E-state index in [0.29, 0.717) is 47.4 Å². The lowest BCUT2D eigenvalue weighted by molar-refractivity contribution is -0.149. The quantitative estimate of drug-likeness (QED) is 0.202. The van der Waals surface area contributed by atoms with Crippen molar-refractivity contribution in [2.75, 3.05) is 13.7 Å². The summed E-state index contributed by atoms with van der Waals surface area (Å²) in [5.74, 6) is 0.750. The number of hydrogen-bond acceptors (Lipinski definition) is 9. The van der Waals surface area contributed by atoms with Crippen molar-refractivity contribution in [3.05, 3.63) is 83.4 Å². The van der Waals surface area contributed by atoms with Crippen molar-refractivity contribution in [1.82, 2.24) is 9.97 Å². The molecule has 3 N–H and O–H groups in total. The van der Waals surface area contributed by atoms with E-state index in [1.54, 1.807) is 45.4 Å². The average molecular weight is 574 g/mol. The first kappa shape index (κ1) is 30.3. The van der Waals surface area contributed by atoms with Gasteiger partial charge in [-0.3, -0.25) is 4.79 Å². The van der Waals surface area contributed by atoms with Crippen molar-refractivity contribution in [2.45, 2.75) is 52.2 Å². The van der Waals surface area contributed by atoms with Crippen LogP contribution in [-0.4, -0.2) is 46.8 Å². The number of carboxylic acids is 1. The number of rotatable bonds is 13. The second-order valence-electron chi connectivity index (χ2n) is 10.0. The van der Waals surface area contributed by atoms with Crippen LogP contribution in [0.2, 0.25) is 0 Å². The molecule has 1 atom stereocenters. The summed E-state index contributed by atoms with van der Waals surface area (Å²) in [5.41, 5.74) is 10.9. The normalized spacial score (nSPS) is 11.8. The van der Waals surface area contributed by atoms with E-state index in [-0.39, 0.29) is 18.9 Å². The van der Waals surface area contributed by atoms with Gasteiger partial charge in [0.1, 0.15) is 17.6 Å². The zero-order valence-corrected chi connectivity index (χ0v) is 24.1. The minimum Gasteiger partial charge on any atom is -0.493 e. The molecule has 0 saturated heterocycles. The summed E-state index contributed by atoms with van der Waals surface area (Å²) >= 11 is 0. The van der Waals surface area contributed by atoms with Crippen molar-refractivity contribution in [3.63, 3.8) is 0 Å². The second kappa shape index (κ2) is 13.8. The lowest BCUT2D eigenvalue weighted by Gasteiger charge is -2.18. The first-order valence-corrected chi connectivity index (χ1v) is 13.6. The van der Waals surface area contributed by atoms with E-state index in [1.807, 2.05) is 43.3 Å². The second-order valence-corrected chi connectivity index (χ2v) is 10.0. The van der Waals surface area contributed by atoms with Gasteiger partial charge in [0.05, 0.1) is 25.5 Å². The van der Waals surface area contributed by atoms with Crippen LogP contribution in [0.1, 0.15) is 48.9 Å². The molecular weight excluding hydrogens is 538 g/mol. The summed E-state index contributed by atoms with van der Waals surface area (Å²) in [7, 11) is 1.58. The number of aliphatic carboxylic acids is 1. The minimum atomic E-state index is -1.06. The lowest BCUT2D eigenvalue weighted by atomic mass is 9.97. The Morgan fingerprint density at radius 3 is 2.36 bits per heavy atom. The topological polar surface area (TPSA) is 147 Å². The number of nitrogens with zero attached hydrogens (tertiary/aromatic N) is 2. The molecule has 0 aliphatic rings. The number of carboxylic acid groups (broad SMARTS) is 1. The molecule has 4 aromatic rings. The predicted molar refractivity (Wildman–Crippen MR) is 156 cm³/mol. The van der Waals surface area contributed by atoms with Gasteiger partial charge in [-0.1, -0.05) is 18.2 Å². The number of pyridine rings is 1. The minimum absolute atomic E-state index is 0.0890. The van der Waals surface area contributed by atoms with E-state index >= 15 is 0 Å². The number of methoxy groups -OCH3 is 1. The summed E-state index contributed by atoms with van der Waals surface area (Å²) in [6.45, 7) is 5.64. The number of carbonyl (C=O) groups is 2. The summed E-state index contributed by atoms with van der Waals surface area (Å²) < 4.78 is 22.3. The molecule has 2 heterocycles. The van der Waals surface area contributed by atoms with Crippen LogP contribution < -0.4 is 15.2 Å². The lowest BCUT2D eigenvalue weighted by Crippen LogP contribution is -2.27. The number of benzene rings is 2. The SMILES string of the molecule is COc1ccc(-c2ccc(-c3nc(CCOc4ccc(CCC(=O)O)c(C(N)C(=O)OC(C)C)c4)c(C)o3)cc2)cn1. The smallest absolute Gasteiger partial charge is 0.327 e. The summed E-state index contributed by atoms with van der Waals surface area (Å²) in [5, 5.41) is 9.12. The monoisotopic (exact) mass is 573 g/mol. The van der Waals surface area contributed by atoms with E-state index in [0.717, 1.165) is 22.4 Å². The first-order chi connectivity index (χ1) is 20.1. The molecule has 0 fully saturated rings. The summed E-state index contributed by atoms with van der Waals surface area (Å²) in [6.07, 6.45) is 2.06. The zero-order chi connectivity index (χ0) is 30.2. The fourth-order valence-electron chi connectivity index (χ4n) is 4.38. The van der Waals surface area contributed by atoms with Crippen molar-refractivity contribution in [3.8, 4) is 34.2 Å². The Bertz CT molecular complexity index is 1510. The Hall–Kier alpha value is -4.70. The number of ether oxygens (including phenoxy) is 3.